The van der Waals surface area contributed by atoms with E-state index >= 15 is 0 Å². The zero-order valence-electron chi connectivity index (χ0n) is 18.0. The summed E-state index contributed by atoms with van der Waals surface area (Å²) in [5.41, 5.74) is 1.34. The van der Waals surface area contributed by atoms with Gasteiger partial charge in [-0.25, -0.2) is 4.98 Å². The van der Waals surface area contributed by atoms with Crippen LogP contribution in [0.3, 0.4) is 0 Å². The maximum Gasteiger partial charge on any atom is 0.274 e. The van der Waals surface area contributed by atoms with Gasteiger partial charge in [0.25, 0.3) is 5.91 Å². The fraction of sp³-hybridized carbons (Fsp3) is 0.455. The number of aromatic nitrogens is 2. The van der Waals surface area contributed by atoms with Crippen LogP contribution in [0.5, 0.6) is 0 Å². The van der Waals surface area contributed by atoms with Crippen LogP contribution < -0.4 is 0 Å². The molecule has 2 aromatic rings. The molecule has 0 N–H and O–H groups in total. The molecule has 1 heterocycles. The molecule has 0 fully saturated rings. The summed E-state index contributed by atoms with van der Waals surface area (Å²) in [6.45, 7) is 3.00. The fourth-order valence-corrected chi connectivity index (χ4v) is 2.89. The number of rotatable bonds is 12. The molecule has 0 atom stereocenters. The van der Waals surface area contributed by atoms with Crippen molar-refractivity contribution >= 4 is 11.8 Å². The molecule has 0 saturated heterocycles. The summed E-state index contributed by atoms with van der Waals surface area (Å²) in [6, 6.07) is 9.92. The molecule has 8 heteroatoms. The maximum atomic E-state index is 13.0. The molecule has 2 rings (SSSR count). The van der Waals surface area contributed by atoms with E-state index in [2.05, 4.69) is 9.97 Å². The number of benzene rings is 1. The first-order valence-corrected chi connectivity index (χ1v) is 10.0. The summed E-state index contributed by atoms with van der Waals surface area (Å²) in [6.07, 6.45) is 4.67. The highest BCUT2D eigenvalue weighted by Crippen LogP contribution is 2.08. The number of amides is 2. The minimum absolute atomic E-state index is 0.00932. The van der Waals surface area contributed by atoms with Crippen molar-refractivity contribution in [3.8, 4) is 0 Å². The molecule has 0 radical (unpaired) electrons. The Morgan fingerprint density at radius 3 is 2.37 bits per heavy atom. The van der Waals surface area contributed by atoms with Gasteiger partial charge in [-0.3, -0.25) is 14.6 Å². The molecule has 2 amide bonds. The monoisotopic (exact) mass is 413 g/mol. The number of ether oxygens (including phenoxy) is 1. The van der Waals surface area contributed by atoms with Gasteiger partial charge in [-0.2, -0.15) is 0 Å². The second kappa shape index (κ2) is 12.7. The number of carbonyl (C=O) groups excluding carboxylic acids is 2. The van der Waals surface area contributed by atoms with Crippen molar-refractivity contribution in [2.75, 3.05) is 54.0 Å². The summed E-state index contributed by atoms with van der Waals surface area (Å²) < 4.78 is 5.13. The highest BCUT2D eigenvalue weighted by atomic mass is 16.5. The highest BCUT2D eigenvalue weighted by Gasteiger charge is 2.20. The average molecular weight is 414 g/mol. The van der Waals surface area contributed by atoms with Gasteiger partial charge in [-0.15, -0.1) is 0 Å². The molecule has 0 unspecified atom stereocenters. The molecule has 0 aliphatic rings. The van der Waals surface area contributed by atoms with Crippen LogP contribution in [-0.4, -0.2) is 90.5 Å². The van der Waals surface area contributed by atoms with E-state index in [1.54, 1.807) is 12.0 Å². The normalized spacial score (nSPS) is 10.8. The third-order valence-electron chi connectivity index (χ3n) is 4.62. The van der Waals surface area contributed by atoms with Crippen molar-refractivity contribution in [2.24, 2.45) is 0 Å². The van der Waals surface area contributed by atoms with Crippen LogP contribution in [0.2, 0.25) is 0 Å². The maximum absolute atomic E-state index is 13.0. The molecule has 0 spiro atoms. The Morgan fingerprint density at radius 2 is 1.73 bits per heavy atom. The molecule has 8 nitrogen and oxygen atoms in total. The number of hydrogen-bond acceptors (Lipinski definition) is 6. The van der Waals surface area contributed by atoms with Crippen molar-refractivity contribution in [3.63, 3.8) is 0 Å². The van der Waals surface area contributed by atoms with Crippen LogP contribution in [0, 0.1) is 0 Å². The third kappa shape index (κ3) is 7.88. The standard InChI is InChI=1S/C22H31N5O3/c1-25(2)13-14-27(18-19-7-5-4-6-8-19)21(28)9-12-26(15-16-30-3)22(29)20-17-23-10-11-24-20/h4-8,10-11,17H,9,12-16,18H2,1-3H3. The minimum Gasteiger partial charge on any atom is -0.383 e. The Hall–Kier alpha value is -2.84. The molecule has 0 saturated carbocycles. The smallest absolute Gasteiger partial charge is 0.274 e. The molecule has 0 aliphatic heterocycles. The van der Waals surface area contributed by atoms with E-state index in [0.29, 0.717) is 32.8 Å². The van der Waals surface area contributed by atoms with Gasteiger partial charge >= 0.3 is 0 Å². The predicted octanol–water partition coefficient (Wildman–Crippen LogP) is 1.55. The number of carbonyl (C=O) groups is 2. The van der Waals surface area contributed by atoms with E-state index in [9.17, 15) is 9.59 Å². The first kappa shape index (κ1) is 23.4. The van der Waals surface area contributed by atoms with Crippen molar-refractivity contribution < 1.29 is 14.3 Å². The predicted molar refractivity (Wildman–Crippen MR) is 115 cm³/mol. The summed E-state index contributed by atoms with van der Waals surface area (Å²) in [7, 11) is 5.55. The summed E-state index contributed by atoms with van der Waals surface area (Å²) >= 11 is 0. The lowest BCUT2D eigenvalue weighted by Crippen LogP contribution is -2.40. The summed E-state index contributed by atoms with van der Waals surface area (Å²) in [5.74, 6) is -0.245. The molecule has 1 aromatic heterocycles. The average Bonchev–Trinajstić information content (AvgIpc) is 2.77. The van der Waals surface area contributed by atoms with Crippen molar-refractivity contribution in [2.45, 2.75) is 13.0 Å². The molecule has 30 heavy (non-hydrogen) atoms. The van der Waals surface area contributed by atoms with E-state index < -0.39 is 0 Å². The second-order valence-corrected chi connectivity index (χ2v) is 7.23. The Kier molecular flexibility index (Phi) is 9.90. The fourth-order valence-electron chi connectivity index (χ4n) is 2.89. The lowest BCUT2D eigenvalue weighted by atomic mass is 10.2. The largest absolute Gasteiger partial charge is 0.383 e. The lowest BCUT2D eigenvalue weighted by molar-refractivity contribution is -0.132. The second-order valence-electron chi connectivity index (χ2n) is 7.23. The number of nitrogens with zero attached hydrogens (tertiary/aromatic N) is 5. The van der Waals surface area contributed by atoms with E-state index in [-0.39, 0.29) is 23.9 Å². The van der Waals surface area contributed by atoms with Crippen molar-refractivity contribution in [3.05, 3.63) is 60.2 Å². The summed E-state index contributed by atoms with van der Waals surface area (Å²) in [5, 5.41) is 0. The van der Waals surface area contributed by atoms with Crippen LogP contribution in [-0.2, 0) is 16.1 Å². The quantitative estimate of drug-likeness (QED) is 0.525. The van der Waals surface area contributed by atoms with Crippen LogP contribution in [0.4, 0.5) is 0 Å². The Bertz CT molecular complexity index is 771. The molecular weight excluding hydrogens is 382 g/mol. The van der Waals surface area contributed by atoms with E-state index in [1.807, 2.05) is 54.2 Å². The summed E-state index contributed by atoms with van der Waals surface area (Å²) in [4.78, 5) is 39.3. The van der Waals surface area contributed by atoms with E-state index in [4.69, 9.17) is 4.74 Å². The van der Waals surface area contributed by atoms with Crippen LogP contribution in [0.1, 0.15) is 22.5 Å². The first-order chi connectivity index (χ1) is 14.5. The number of methoxy groups -OCH3 is 1. The van der Waals surface area contributed by atoms with Gasteiger partial charge in [-0.05, 0) is 19.7 Å². The molecule has 1 aromatic carbocycles. The van der Waals surface area contributed by atoms with Gasteiger partial charge in [0.15, 0.2) is 0 Å². The first-order valence-electron chi connectivity index (χ1n) is 10.0. The van der Waals surface area contributed by atoms with E-state index in [0.717, 1.165) is 12.1 Å². The van der Waals surface area contributed by atoms with Gasteiger partial charge in [0.1, 0.15) is 5.69 Å². The molecule has 162 valence electrons. The lowest BCUT2D eigenvalue weighted by Gasteiger charge is -2.27. The minimum atomic E-state index is -0.254. The van der Waals surface area contributed by atoms with Crippen molar-refractivity contribution in [1.29, 1.82) is 0 Å². The molecule has 0 aliphatic carbocycles. The van der Waals surface area contributed by atoms with Gasteiger partial charge in [0, 0.05) is 58.6 Å². The zero-order chi connectivity index (χ0) is 21.8. The third-order valence-corrected chi connectivity index (χ3v) is 4.62. The number of likely N-dealkylation sites (N-methyl/N-ethyl adjacent to an activating group) is 1. The van der Waals surface area contributed by atoms with Crippen LogP contribution >= 0.6 is 0 Å². The zero-order valence-corrected chi connectivity index (χ0v) is 18.0. The van der Waals surface area contributed by atoms with Gasteiger partial charge in [0.05, 0.1) is 12.8 Å². The highest BCUT2D eigenvalue weighted by molar-refractivity contribution is 5.92. The van der Waals surface area contributed by atoms with Crippen LogP contribution in [0.15, 0.2) is 48.9 Å². The van der Waals surface area contributed by atoms with Gasteiger partial charge in [-0.1, -0.05) is 30.3 Å². The van der Waals surface area contributed by atoms with Gasteiger partial charge < -0.3 is 19.4 Å². The van der Waals surface area contributed by atoms with Crippen LogP contribution in [0.25, 0.3) is 0 Å². The Labute approximate surface area is 178 Å². The van der Waals surface area contributed by atoms with Gasteiger partial charge in [0.2, 0.25) is 5.91 Å². The molecular formula is C22H31N5O3. The Balaban J connectivity index is 2.03. The van der Waals surface area contributed by atoms with E-state index in [1.165, 1.54) is 18.6 Å². The Morgan fingerprint density at radius 1 is 0.967 bits per heavy atom. The topological polar surface area (TPSA) is 78.9 Å². The number of hydrogen-bond donors (Lipinski definition) is 0. The molecule has 0 bridgehead atoms. The van der Waals surface area contributed by atoms with Crippen molar-refractivity contribution in [1.82, 2.24) is 24.7 Å². The SMILES string of the molecule is COCCN(CCC(=O)N(CCN(C)C)Cc1ccccc1)C(=O)c1cnccn1.